The molecule has 1 rings (SSSR count). The number of sulfonamides is 1. The van der Waals surface area contributed by atoms with Gasteiger partial charge in [0.15, 0.2) is 0 Å². The highest BCUT2D eigenvalue weighted by Crippen LogP contribution is 2.29. The summed E-state index contributed by atoms with van der Waals surface area (Å²) in [5.74, 6) is 0. The van der Waals surface area contributed by atoms with Gasteiger partial charge in [-0.1, -0.05) is 44.0 Å². The van der Waals surface area contributed by atoms with Crippen molar-refractivity contribution in [3.63, 3.8) is 0 Å². The van der Waals surface area contributed by atoms with Crippen molar-refractivity contribution in [1.82, 2.24) is 4.72 Å². The molecule has 1 aromatic rings. The Morgan fingerprint density at radius 1 is 1.21 bits per heavy atom. The van der Waals surface area contributed by atoms with Crippen LogP contribution in [0.3, 0.4) is 0 Å². The average Bonchev–Trinajstić information content (AvgIpc) is 2.25. The number of hydrogen-bond acceptors (Lipinski definition) is 3. The first-order valence-corrected chi connectivity index (χ1v) is 7.89. The number of hydrogen-bond donors (Lipinski definition) is 2. The van der Waals surface area contributed by atoms with Gasteiger partial charge in [-0.15, -0.1) is 0 Å². The maximum atomic E-state index is 12.2. The third-order valence-electron chi connectivity index (χ3n) is 2.35. The molecule has 19 heavy (non-hydrogen) atoms. The van der Waals surface area contributed by atoms with Crippen molar-refractivity contribution in [1.29, 1.82) is 0 Å². The van der Waals surface area contributed by atoms with Crippen LogP contribution in [0.4, 0.5) is 0 Å². The fourth-order valence-corrected chi connectivity index (χ4v) is 3.43. The second kappa shape index (κ2) is 5.97. The summed E-state index contributed by atoms with van der Waals surface area (Å²) in [5, 5.41) is 9.39. The first-order valence-electron chi connectivity index (χ1n) is 5.65. The number of benzene rings is 1. The summed E-state index contributed by atoms with van der Waals surface area (Å²) in [6.07, 6.45) is 0. The quantitative estimate of drug-likeness (QED) is 0.894. The summed E-state index contributed by atoms with van der Waals surface area (Å²) in [6, 6.07) is 2.61. The minimum atomic E-state index is -3.73. The third-order valence-corrected chi connectivity index (χ3v) is 4.57. The Hall–Kier alpha value is -0.330. The summed E-state index contributed by atoms with van der Waals surface area (Å²) in [6.45, 7) is 5.68. The molecule has 108 valence electrons. The summed E-state index contributed by atoms with van der Waals surface area (Å²) in [7, 11) is -3.73. The van der Waals surface area contributed by atoms with Crippen LogP contribution in [0.15, 0.2) is 17.0 Å². The highest BCUT2D eigenvalue weighted by molar-refractivity contribution is 7.89. The molecule has 0 saturated carbocycles. The van der Waals surface area contributed by atoms with E-state index in [1.807, 2.05) is 20.8 Å². The SMILES string of the molecule is CC(C)(C)CNS(=O)(=O)c1cc(CO)c(Cl)cc1Cl. The Labute approximate surface area is 123 Å². The molecule has 0 spiro atoms. The predicted molar refractivity (Wildman–Crippen MR) is 77.0 cm³/mol. The minimum absolute atomic E-state index is 0.0311. The second-order valence-electron chi connectivity index (χ2n) is 5.42. The van der Waals surface area contributed by atoms with E-state index < -0.39 is 10.0 Å². The van der Waals surface area contributed by atoms with Crippen LogP contribution < -0.4 is 4.72 Å². The minimum Gasteiger partial charge on any atom is -0.392 e. The van der Waals surface area contributed by atoms with Gasteiger partial charge in [-0.05, 0) is 23.1 Å². The fraction of sp³-hybridized carbons (Fsp3) is 0.500. The molecule has 0 bridgehead atoms. The summed E-state index contributed by atoms with van der Waals surface area (Å²) in [5.41, 5.74) is 0.133. The molecule has 2 N–H and O–H groups in total. The smallest absolute Gasteiger partial charge is 0.242 e. The van der Waals surface area contributed by atoms with Crippen LogP contribution in [0, 0.1) is 5.41 Å². The molecule has 0 heterocycles. The van der Waals surface area contributed by atoms with E-state index in [2.05, 4.69) is 4.72 Å². The third kappa shape index (κ3) is 4.61. The van der Waals surface area contributed by atoms with Gasteiger partial charge in [0.2, 0.25) is 10.0 Å². The Bertz CT molecular complexity index is 565. The van der Waals surface area contributed by atoms with Crippen molar-refractivity contribution in [2.24, 2.45) is 5.41 Å². The molecular weight excluding hydrogens is 309 g/mol. The summed E-state index contributed by atoms with van der Waals surface area (Å²) >= 11 is 11.7. The first kappa shape index (κ1) is 16.7. The molecule has 0 aliphatic heterocycles. The van der Waals surface area contributed by atoms with E-state index in [4.69, 9.17) is 28.3 Å². The lowest BCUT2D eigenvalue weighted by molar-refractivity contribution is 0.281. The molecule has 0 radical (unpaired) electrons. The molecule has 0 aliphatic carbocycles. The lowest BCUT2D eigenvalue weighted by Crippen LogP contribution is -2.32. The standard InChI is InChI=1S/C12H17Cl2NO3S/c1-12(2,3)7-15-19(17,18)11-4-8(6-16)9(13)5-10(11)14/h4-5,15-16H,6-7H2,1-3H3. The zero-order valence-electron chi connectivity index (χ0n) is 11.0. The number of halogens is 2. The van der Waals surface area contributed by atoms with Crippen LogP contribution in [0.5, 0.6) is 0 Å². The molecule has 0 fully saturated rings. The van der Waals surface area contributed by atoms with Gasteiger partial charge < -0.3 is 5.11 Å². The molecule has 7 heteroatoms. The van der Waals surface area contributed by atoms with Crippen molar-refractivity contribution < 1.29 is 13.5 Å². The van der Waals surface area contributed by atoms with E-state index in [9.17, 15) is 8.42 Å². The van der Waals surface area contributed by atoms with E-state index in [0.29, 0.717) is 5.56 Å². The van der Waals surface area contributed by atoms with Gasteiger partial charge in [0.05, 0.1) is 11.6 Å². The van der Waals surface area contributed by atoms with Crippen molar-refractivity contribution >= 4 is 33.2 Å². The van der Waals surface area contributed by atoms with Crippen LogP contribution in [0.1, 0.15) is 26.3 Å². The fourth-order valence-electron chi connectivity index (χ4n) is 1.29. The van der Waals surface area contributed by atoms with Crippen LogP contribution in [-0.4, -0.2) is 20.1 Å². The van der Waals surface area contributed by atoms with Gasteiger partial charge in [0.1, 0.15) is 4.90 Å². The van der Waals surface area contributed by atoms with E-state index in [1.54, 1.807) is 0 Å². The summed E-state index contributed by atoms with van der Waals surface area (Å²) in [4.78, 5) is -0.0770. The molecule has 0 atom stereocenters. The van der Waals surface area contributed by atoms with E-state index in [0.717, 1.165) is 0 Å². The largest absolute Gasteiger partial charge is 0.392 e. The highest BCUT2D eigenvalue weighted by atomic mass is 35.5. The normalized spacial score (nSPS) is 12.7. The van der Waals surface area contributed by atoms with Crippen LogP contribution in [0.2, 0.25) is 10.0 Å². The van der Waals surface area contributed by atoms with E-state index >= 15 is 0 Å². The maximum Gasteiger partial charge on any atom is 0.242 e. The maximum absolute atomic E-state index is 12.2. The molecule has 0 aliphatic rings. The van der Waals surface area contributed by atoms with Crippen molar-refractivity contribution in [2.75, 3.05) is 6.54 Å². The number of aliphatic hydroxyl groups excluding tert-OH is 1. The van der Waals surface area contributed by atoms with Crippen LogP contribution in [-0.2, 0) is 16.6 Å². The van der Waals surface area contributed by atoms with Gasteiger partial charge in [0.25, 0.3) is 0 Å². The molecule has 4 nitrogen and oxygen atoms in total. The van der Waals surface area contributed by atoms with Gasteiger partial charge in [-0.25, -0.2) is 13.1 Å². The predicted octanol–water partition coefficient (Wildman–Crippen LogP) is 2.81. The zero-order valence-corrected chi connectivity index (χ0v) is 13.3. The van der Waals surface area contributed by atoms with Gasteiger partial charge in [-0.2, -0.15) is 0 Å². The molecular formula is C12H17Cl2NO3S. The van der Waals surface area contributed by atoms with Crippen LogP contribution in [0.25, 0.3) is 0 Å². The Balaban J connectivity index is 3.14. The molecule has 1 aromatic carbocycles. The molecule has 0 saturated heterocycles. The summed E-state index contributed by atoms with van der Waals surface area (Å²) < 4.78 is 26.8. The van der Waals surface area contributed by atoms with Gasteiger partial charge in [0, 0.05) is 11.6 Å². The average molecular weight is 326 g/mol. The van der Waals surface area contributed by atoms with Gasteiger partial charge in [-0.3, -0.25) is 0 Å². The van der Waals surface area contributed by atoms with E-state index in [-0.39, 0.29) is 33.5 Å². The second-order valence-corrected chi connectivity index (χ2v) is 7.97. The topological polar surface area (TPSA) is 66.4 Å². The number of aliphatic hydroxyl groups is 1. The first-order chi connectivity index (χ1) is 8.57. The van der Waals surface area contributed by atoms with E-state index in [1.165, 1.54) is 12.1 Å². The highest BCUT2D eigenvalue weighted by Gasteiger charge is 2.22. The monoisotopic (exact) mass is 325 g/mol. The van der Waals surface area contributed by atoms with Crippen LogP contribution >= 0.6 is 23.2 Å². The lowest BCUT2D eigenvalue weighted by Gasteiger charge is -2.19. The zero-order chi connectivity index (χ0) is 14.8. The Morgan fingerprint density at radius 2 is 1.79 bits per heavy atom. The Kier molecular flexibility index (Phi) is 5.26. The van der Waals surface area contributed by atoms with Gasteiger partial charge >= 0.3 is 0 Å². The van der Waals surface area contributed by atoms with Crippen molar-refractivity contribution in [3.8, 4) is 0 Å². The molecule has 0 unspecified atom stereocenters. The van der Waals surface area contributed by atoms with Crippen molar-refractivity contribution in [2.45, 2.75) is 32.3 Å². The Morgan fingerprint density at radius 3 is 2.26 bits per heavy atom. The number of rotatable bonds is 4. The number of nitrogens with one attached hydrogen (secondary N) is 1. The molecule has 0 amide bonds. The molecule has 0 aromatic heterocycles. The van der Waals surface area contributed by atoms with Crippen molar-refractivity contribution in [3.05, 3.63) is 27.7 Å². The lowest BCUT2D eigenvalue weighted by atomic mass is 9.98.